The fourth-order valence-electron chi connectivity index (χ4n) is 2.57. The minimum absolute atomic E-state index is 0.148. The van der Waals surface area contributed by atoms with Crippen LogP contribution in [-0.4, -0.2) is 72.0 Å². The van der Waals surface area contributed by atoms with Gasteiger partial charge in [-0.15, -0.1) is 0 Å². The molecule has 0 saturated heterocycles. The molecule has 0 unspecified atom stereocenters. The van der Waals surface area contributed by atoms with Crippen LogP contribution in [0.3, 0.4) is 0 Å². The Morgan fingerprint density at radius 1 is 0.742 bits per heavy atom. The van der Waals surface area contributed by atoms with Gasteiger partial charge in [-0.3, -0.25) is 4.79 Å². The van der Waals surface area contributed by atoms with Crippen molar-refractivity contribution in [3.05, 3.63) is 24.3 Å². The Hall–Kier alpha value is -1.87. The zero-order chi connectivity index (χ0) is 22.4. The molecule has 2 N–H and O–H groups in total. The molecule has 0 aliphatic heterocycles. The van der Waals surface area contributed by atoms with Gasteiger partial charge in [0.05, 0.1) is 58.5 Å². The van der Waals surface area contributed by atoms with E-state index in [1.54, 1.807) is 6.07 Å². The summed E-state index contributed by atoms with van der Waals surface area (Å²) in [7, 11) is 0. The predicted octanol–water partition coefficient (Wildman–Crippen LogP) is 3.23. The van der Waals surface area contributed by atoms with Crippen molar-refractivity contribution in [2.24, 2.45) is 0 Å². The number of hydrogen-bond donors (Lipinski definition) is 1. The number of nitrogens with two attached hydrogens (primary N) is 1. The molecule has 0 bridgehead atoms. The van der Waals surface area contributed by atoms with Crippen LogP contribution in [0.15, 0.2) is 24.3 Å². The van der Waals surface area contributed by atoms with Gasteiger partial charge in [-0.1, -0.05) is 38.3 Å². The van der Waals surface area contributed by atoms with Crippen LogP contribution >= 0.6 is 0 Å². The van der Waals surface area contributed by atoms with Crippen molar-refractivity contribution in [1.29, 1.82) is 0 Å². The first-order chi connectivity index (χ1) is 15.2. The van der Waals surface area contributed by atoms with E-state index in [0.29, 0.717) is 83.9 Å². The summed E-state index contributed by atoms with van der Waals surface area (Å²) in [6.07, 6.45) is 4.79. The van der Waals surface area contributed by atoms with Crippen LogP contribution in [0.4, 0.5) is 5.69 Å². The van der Waals surface area contributed by atoms with Crippen LogP contribution in [-0.2, 0) is 28.5 Å². The van der Waals surface area contributed by atoms with Crippen LogP contribution in [0, 0.1) is 0 Å². The summed E-state index contributed by atoms with van der Waals surface area (Å²) in [5.74, 6) is 0.521. The fourth-order valence-corrected chi connectivity index (χ4v) is 2.57. The molecule has 1 rings (SSSR count). The summed E-state index contributed by atoms with van der Waals surface area (Å²) in [6, 6.07) is 7.37. The molecule has 0 heterocycles. The third-order valence-corrected chi connectivity index (χ3v) is 4.25. The lowest BCUT2D eigenvalue weighted by Crippen LogP contribution is -2.15. The lowest BCUT2D eigenvalue weighted by Gasteiger charge is -2.09. The number of hydrogen-bond acceptors (Lipinski definition) is 8. The van der Waals surface area contributed by atoms with Crippen molar-refractivity contribution in [2.75, 3.05) is 71.8 Å². The number of nitrogen functional groups attached to an aromatic ring is 1. The van der Waals surface area contributed by atoms with Crippen molar-refractivity contribution >= 4 is 11.7 Å². The van der Waals surface area contributed by atoms with Gasteiger partial charge in [-0.05, 0) is 18.6 Å². The molecule has 8 heteroatoms. The van der Waals surface area contributed by atoms with Crippen LogP contribution in [0.25, 0.3) is 0 Å². The number of esters is 1. The summed E-state index contributed by atoms with van der Waals surface area (Å²) in [4.78, 5) is 11.5. The zero-order valence-electron chi connectivity index (χ0n) is 18.9. The van der Waals surface area contributed by atoms with Crippen LogP contribution in [0.1, 0.15) is 39.0 Å². The van der Waals surface area contributed by atoms with Crippen molar-refractivity contribution in [1.82, 2.24) is 0 Å². The summed E-state index contributed by atoms with van der Waals surface area (Å²) >= 11 is 0. The standard InChI is InChI=1S/C23H39NO7/c1-2-3-4-5-10-23(25)31-20-18-29-16-14-27-12-11-26-13-15-28-17-19-30-22-9-7-6-8-21(22)24/h6-9H,2-5,10-20,24H2,1H3. The number of carbonyl (C=O) groups is 1. The summed E-state index contributed by atoms with van der Waals surface area (Å²) in [5, 5.41) is 0. The maximum atomic E-state index is 11.5. The van der Waals surface area contributed by atoms with Crippen LogP contribution < -0.4 is 10.5 Å². The van der Waals surface area contributed by atoms with E-state index in [1.165, 1.54) is 0 Å². The minimum Gasteiger partial charge on any atom is -0.489 e. The minimum atomic E-state index is -0.148. The number of para-hydroxylation sites is 2. The molecular formula is C23H39NO7. The Balaban J connectivity index is 1.74. The molecular weight excluding hydrogens is 402 g/mol. The Labute approximate surface area is 186 Å². The number of carbonyl (C=O) groups excluding carboxylic acids is 1. The van der Waals surface area contributed by atoms with E-state index in [1.807, 2.05) is 18.2 Å². The highest BCUT2D eigenvalue weighted by Gasteiger charge is 2.02. The number of ether oxygens (including phenoxy) is 6. The van der Waals surface area contributed by atoms with Crippen LogP contribution in [0.2, 0.25) is 0 Å². The first kappa shape index (κ1) is 27.2. The van der Waals surface area contributed by atoms with Gasteiger partial charge < -0.3 is 34.2 Å². The highest BCUT2D eigenvalue weighted by atomic mass is 16.6. The Morgan fingerprint density at radius 3 is 1.87 bits per heavy atom. The van der Waals surface area contributed by atoms with Gasteiger partial charge in [0, 0.05) is 6.42 Å². The number of anilines is 1. The number of unbranched alkanes of at least 4 members (excludes halogenated alkanes) is 3. The molecule has 31 heavy (non-hydrogen) atoms. The molecule has 0 aliphatic carbocycles. The summed E-state index contributed by atoms with van der Waals surface area (Å²) in [5.41, 5.74) is 6.41. The summed E-state index contributed by atoms with van der Waals surface area (Å²) < 4.78 is 32.3. The normalized spacial score (nSPS) is 10.9. The van der Waals surface area contributed by atoms with E-state index in [0.717, 1.165) is 25.7 Å². The number of benzene rings is 1. The second-order valence-corrected chi connectivity index (χ2v) is 6.87. The summed E-state index contributed by atoms with van der Waals surface area (Å²) in [6.45, 7) is 6.65. The highest BCUT2D eigenvalue weighted by Crippen LogP contribution is 2.19. The van der Waals surface area contributed by atoms with E-state index in [9.17, 15) is 4.79 Å². The van der Waals surface area contributed by atoms with E-state index < -0.39 is 0 Å². The molecule has 0 aliphatic rings. The van der Waals surface area contributed by atoms with Crippen molar-refractivity contribution in [3.8, 4) is 5.75 Å². The molecule has 0 radical (unpaired) electrons. The lowest BCUT2D eigenvalue weighted by atomic mass is 10.2. The Kier molecular flexibility index (Phi) is 17.6. The van der Waals surface area contributed by atoms with Gasteiger partial charge in [-0.2, -0.15) is 0 Å². The zero-order valence-corrected chi connectivity index (χ0v) is 18.9. The topological polar surface area (TPSA) is 98.5 Å². The largest absolute Gasteiger partial charge is 0.489 e. The molecule has 0 saturated carbocycles. The second-order valence-electron chi connectivity index (χ2n) is 6.87. The average Bonchev–Trinajstić information content (AvgIpc) is 2.77. The highest BCUT2D eigenvalue weighted by molar-refractivity contribution is 5.69. The van der Waals surface area contributed by atoms with Gasteiger partial charge in [0.15, 0.2) is 0 Å². The molecule has 1 aromatic rings. The molecule has 0 aromatic heterocycles. The monoisotopic (exact) mass is 441 g/mol. The van der Waals surface area contributed by atoms with Gasteiger partial charge in [0.25, 0.3) is 0 Å². The molecule has 1 aromatic carbocycles. The van der Waals surface area contributed by atoms with Crippen molar-refractivity contribution in [2.45, 2.75) is 39.0 Å². The SMILES string of the molecule is CCCCCCC(=O)OCCOCCOCCOCCOCCOc1ccccc1N. The maximum absolute atomic E-state index is 11.5. The van der Waals surface area contributed by atoms with Crippen molar-refractivity contribution < 1.29 is 33.2 Å². The first-order valence-electron chi connectivity index (χ1n) is 11.2. The third kappa shape index (κ3) is 16.5. The van der Waals surface area contributed by atoms with Crippen LogP contribution in [0.5, 0.6) is 5.75 Å². The molecule has 0 spiro atoms. The predicted molar refractivity (Wildman–Crippen MR) is 119 cm³/mol. The third-order valence-electron chi connectivity index (χ3n) is 4.25. The van der Waals surface area contributed by atoms with Gasteiger partial charge in [0.1, 0.15) is 19.0 Å². The smallest absolute Gasteiger partial charge is 0.305 e. The quantitative estimate of drug-likeness (QED) is 0.176. The average molecular weight is 442 g/mol. The van der Waals surface area contributed by atoms with Gasteiger partial charge in [0.2, 0.25) is 0 Å². The maximum Gasteiger partial charge on any atom is 0.305 e. The van der Waals surface area contributed by atoms with E-state index in [4.69, 9.17) is 34.2 Å². The second kappa shape index (κ2) is 20.1. The van der Waals surface area contributed by atoms with Crippen molar-refractivity contribution in [3.63, 3.8) is 0 Å². The lowest BCUT2D eigenvalue weighted by molar-refractivity contribution is -0.145. The first-order valence-corrected chi connectivity index (χ1v) is 11.2. The van der Waals surface area contributed by atoms with E-state index in [-0.39, 0.29) is 5.97 Å². The Morgan fingerprint density at radius 2 is 1.29 bits per heavy atom. The molecule has 0 amide bonds. The van der Waals surface area contributed by atoms with E-state index >= 15 is 0 Å². The van der Waals surface area contributed by atoms with Gasteiger partial charge in [-0.25, -0.2) is 0 Å². The molecule has 0 atom stereocenters. The number of rotatable bonds is 21. The van der Waals surface area contributed by atoms with E-state index in [2.05, 4.69) is 6.92 Å². The fraction of sp³-hybridized carbons (Fsp3) is 0.696. The van der Waals surface area contributed by atoms with Gasteiger partial charge >= 0.3 is 5.97 Å². The molecule has 0 fully saturated rings. The molecule has 178 valence electrons. The Bertz CT molecular complexity index is 556. The molecule has 8 nitrogen and oxygen atoms in total.